The molecule has 1 aromatic heterocycles. The summed E-state index contributed by atoms with van der Waals surface area (Å²) in [5.74, 6) is 0. The molecule has 0 amide bonds. The molecule has 0 bridgehead atoms. The van der Waals surface area contributed by atoms with Crippen molar-refractivity contribution in [1.82, 2.24) is 9.97 Å². The van der Waals surface area contributed by atoms with Gasteiger partial charge in [-0.05, 0) is 35.2 Å². The Morgan fingerprint density at radius 2 is 1.53 bits per heavy atom. The van der Waals surface area contributed by atoms with E-state index in [1.165, 1.54) is 21.5 Å². The van der Waals surface area contributed by atoms with Gasteiger partial charge in [-0.1, -0.05) is 36.4 Å². The number of benzene rings is 3. The molecule has 0 spiro atoms. The van der Waals surface area contributed by atoms with E-state index in [0.29, 0.717) is 0 Å². The van der Waals surface area contributed by atoms with Crippen LogP contribution in [-0.2, 0) is 0 Å². The first-order valence-corrected chi connectivity index (χ1v) is 6.36. The van der Waals surface area contributed by atoms with Crippen LogP contribution in [0.25, 0.3) is 32.4 Å². The summed E-state index contributed by atoms with van der Waals surface area (Å²) in [5.41, 5.74) is 2.07. The highest BCUT2D eigenvalue weighted by atomic mass is 14.8. The molecule has 2 nitrogen and oxygen atoms in total. The van der Waals surface area contributed by atoms with Crippen LogP contribution in [0, 0.1) is 6.92 Å². The third kappa shape index (κ3) is 1.50. The molecule has 0 aliphatic rings. The molecule has 2 heteroatoms. The van der Waals surface area contributed by atoms with Crippen LogP contribution < -0.4 is 0 Å². The standard InChI is InChI=1S/C17H12N2/c1-11-15-7-6-14-8-12-4-2-3-5-13(12)9-16(14)17(15)19-10-18-11/h2-10H,1H3. The van der Waals surface area contributed by atoms with E-state index >= 15 is 0 Å². The van der Waals surface area contributed by atoms with Crippen LogP contribution in [0.3, 0.4) is 0 Å². The Kier molecular flexibility index (Phi) is 2.06. The maximum Gasteiger partial charge on any atom is 0.116 e. The van der Waals surface area contributed by atoms with Crippen molar-refractivity contribution in [3.8, 4) is 0 Å². The van der Waals surface area contributed by atoms with Crippen LogP contribution in [-0.4, -0.2) is 9.97 Å². The van der Waals surface area contributed by atoms with Crippen molar-refractivity contribution < 1.29 is 0 Å². The van der Waals surface area contributed by atoms with Gasteiger partial charge < -0.3 is 0 Å². The molecule has 0 aliphatic carbocycles. The summed E-state index contributed by atoms with van der Waals surface area (Å²) >= 11 is 0. The summed E-state index contributed by atoms with van der Waals surface area (Å²) < 4.78 is 0. The van der Waals surface area contributed by atoms with Crippen LogP contribution in [0.2, 0.25) is 0 Å². The van der Waals surface area contributed by atoms with E-state index in [1.807, 2.05) is 6.92 Å². The second-order valence-corrected chi connectivity index (χ2v) is 4.84. The van der Waals surface area contributed by atoms with E-state index in [-0.39, 0.29) is 0 Å². The van der Waals surface area contributed by atoms with Gasteiger partial charge in [-0.15, -0.1) is 0 Å². The Balaban J connectivity index is 2.26. The second kappa shape index (κ2) is 3.75. The predicted octanol–water partition coefficient (Wildman–Crippen LogP) is 4.24. The van der Waals surface area contributed by atoms with Crippen LogP contribution in [0.15, 0.2) is 54.9 Å². The van der Waals surface area contributed by atoms with Gasteiger partial charge in [0, 0.05) is 16.5 Å². The van der Waals surface area contributed by atoms with Gasteiger partial charge >= 0.3 is 0 Å². The lowest BCUT2D eigenvalue weighted by atomic mass is 10.0. The third-order valence-electron chi connectivity index (χ3n) is 3.69. The van der Waals surface area contributed by atoms with E-state index in [2.05, 4.69) is 58.5 Å². The quantitative estimate of drug-likeness (QED) is 0.341. The van der Waals surface area contributed by atoms with Gasteiger partial charge in [-0.25, -0.2) is 9.97 Å². The molecule has 3 aromatic carbocycles. The Hall–Kier alpha value is -2.48. The molecule has 4 aromatic rings. The first kappa shape index (κ1) is 10.4. The number of aromatic nitrogens is 2. The maximum absolute atomic E-state index is 4.47. The van der Waals surface area contributed by atoms with Crippen molar-refractivity contribution in [2.24, 2.45) is 0 Å². The average molecular weight is 244 g/mol. The van der Waals surface area contributed by atoms with E-state index in [0.717, 1.165) is 16.6 Å². The van der Waals surface area contributed by atoms with Crippen LogP contribution in [0.5, 0.6) is 0 Å². The summed E-state index contributed by atoms with van der Waals surface area (Å²) in [4.78, 5) is 8.73. The van der Waals surface area contributed by atoms with Gasteiger partial charge in [-0.2, -0.15) is 0 Å². The molecule has 0 saturated carbocycles. The summed E-state index contributed by atoms with van der Waals surface area (Å²) in [6.07, 6.45) is 1.65. The molecule has 0 aliphatic heterocycles. The molecular weight excluding hydrogens is 232 g/mol. The fourth-order valence-corrected chi connectivity index (χ4v) is 2.67. The van der Waals surface area contributed by atoms with Crippen molar-refractivity contribution in [3.05, 3.63) is 60.6 Å². The molecule has 19 heavy (non-hydrogen) atoms. The largest absolute Gasteiger partial charge is 0.241 e. The number of hydrogen-bond donors (Lipinski definition) is 0. The lowest BCUT2D eigenvalue weighted by Crippen LogP contribution is -1.88. The highest BCUT2D eigenvalue weighted by Gasteiger charge is 2.05. The molecular formula is C17H12N2. The van der Waals surface area contributed by atoms with Crippen molar-refractivity contribution in [3.63, 3.8) is 0 Å². The molecule has 0 N–H and O–H groups in total. The number of rotatable bonds is 0. The maximum atomic E-state index is 4.47. The Labute approximate surface area is 110 Å². The topological polar surface area (TPSA) is 25.8 Å². The SMILES string of the molecule is Cc1ncnc2c1ccc1cc3ccccc3cc12. The van der Waals surface area contributed by atoms with Crippen LogP contribution >= 0.6 is 0 Å². The summed E-state index contributed by atoms with van der Waals surface area (Å²) in [6.45, 7) is 2.02. The first-order chi connectivity index (χ1) is 9.33. The summed E-state index contributed by atoms with van der Waals surface area (Å²) in [7, 11) is 0. The zero-order valence-corrected chi connectivity index (χ0v) is 10.6. The minimum absolute atomic E-state index is 1.03. The highest BCUT2D eigenvalue weighted by molar-refractivity contribution is 6.10. The Morgan fingerprint density at radius 1 is 0.737 bits per heavy atom. The van der Waals surface area contributed by atoms with E-state index in [4.69, 9.17) is 0 Å². The lowest BCUT2D eigenvalue weighted by Gasteiger charge is -2.06. The fourth-order valence-electron chi connectivity index (χ4n) is 2.67. The molecule has 0 radical (unpaired) electrons. The lowest BCUT2D eigenvalue weighted by molar-refractivity contribution is 1.15. The van der Waals surface area contributed by atoms with Gasteiger partial charge in [0.25, 0.3) is 0 Å². The smallest absolute Gasteiger partial charge is 0.116 e. The number of nitrogens with zero attached hydrogens (tertiary/aromatic N) is 2. The predicted molar refractivity (Wildman–Crippen MR) is 79.3 cm³/mol. The van der Waals surface area contributed by atoms with Gasteiger partial charge in [-0.3, -0.25) is 0 Å². The Bertz CT molecular complexity index is 926. The van der Waals surface area contributed by atoms with Crippen molar-refractivity contribution in [2.75, 3.05) is 0 Å². The van der Waals surface area contributed by atoms with Crippen LogP contribution in [0.1, 0.15) is 5.69 Å². The van der Waals surface area contributed by atoms with Gasteiger partial charge in [0.2, 0.25) is 0 Å². The monoisotopic (exact) mass is 244 g/mol. The van der Waals surface area contributed by atoms with Gasteiger partial charge in [0.15, 0.2) is 0 Å². The first-order valence-electron chi connectivity index (χ1n) is 6.36. The fraction of sp³-hybridized carbons (Fsp3) is 0.0588. The molecule has 0 saturated heterocycles. The normalized spacial score (nSPS) is 11.4. The van der Waals surface area contributed by atoms with Gasteiger partial charge in [0.05, 0.1) is 5.52 Å². The molecule has 0 unspecified atom stereocenters. The van der Waals surface area contributed by atoms with E-state index in [9.17, 15) is 0 Å². The van der Waals surface area contributed by atoms with Crippen molar-refractivity contribution in [1.29, 1.82) is 0 Å². The zero-order chi connectivity index (χ0) is 12.8. The third-order valence-corrected chi connectivity index (χ3v) is 3.69. The Morgan fingerprint density at radius 3 is 2.37 bits per heavy atom. The van der Waals surface area contributed by atoms with Crippen molar-refractivity contribution >= 4 is 32.4 Å². The molecule has 0 fully saturated rings. The molecule has 90 valence electrons. The second-order valence-electron chi connectivity index (χ2n) is 4.84. The van der Waals surface area contributed by atoms with E-state index < -0.39 is 0 Å². The van der Waals surface area contributed by atoms with Gasteiger partial charge in [0.1, 0.15) is 6.33 Å². The summed E-state index contributed by atoms with van der Waals surface area (Å²) in [5, 5.41) is 6.06. The minimum Gasteiger partial charge on any atom is -0.241 e. The zero-order valence-electron chi connectivity index (χ0n) is 10.6. The number of hydrogen-bond acceptors (Lipinski definition) is 2. The molecule has 4 rings (SSSR count). The number of fused-ring (bicyclic) bond motifs is 4. The van der Waals surface area contributed by atoms with Crippen LogP contribution in [0.4, 0.5) is 0 Å². The van der Waals surface area contributed by atoms with Crippen molar-refractivity contribution in [2.45, 2.75) is 6.92 Å². The minimum atomic E-state index is 1.03. The summed E-state index contributed by atoms with van der Waals surface area (Å²) in [6, 6.07) is 17.1. The van der Waals surface area contributed by atoms with E-state index in [1.54, 1.807) is 6.33 Å². The number of aryl methyl sites for hydroxylation is 1. The molecule has 1 heterocycles. The average Bonchev–Trinajstić information content (AvgIpc) is 2.45. The highest BCUT2D eigenvalue weighted by Crippen LogP contribution is 2.28. The molecule has 0 atom stereocenters.